The maximum absolute atomic E-state index is 12.1. The zero-order chi connectivity index (χ0) is 16.6. The number of fused-ring (bicyclic) bond motifs is 1. The van der Waals surface area contributed by atoms with Gasteiger partial charge in [0.2, 0.25) is 16.0 Å². The molecule has 8 heteroatoms. The molecule has 0 spiro atoms. The maximum atomic E-state index is 12.1. The molecule has 23 heavy (non-hydrogen) atoms. The minimum Gasteiger partial charge on any atom is -0.497 e. The third-order valence-corrected chi connectivity index (χ3v) is 4.05. The van der Waals surface area contributed by atoms with Gasteiger partial charge in [-0.25, -0.2) is 0 Å². The number of nitrogens with one attached hydrogen (secondary N) is 1. The molecule has 0 aliphatic heterocycles. The van der Waals surface area contributed by atoms with Crippen LogP contribution in [0.5, 0.6) is 5.75 Å². The van der Waals surface area contributed by atoms with E-state index in [2.05, 4.69) is 20.6 Å². The van der Waals surface area contributed by atoms with Crippen molar-refractivity contribution in [2.75, 3.05) is 12.4 Å². The minimum absolute atomic E-state index is 0.0894. The molecule has 0 bridgehead atoms. The van der Waals surface area contributed by atoms with Crippen molar-refractivity contribution >= 4 is 27.3 Å². The molecule has 120 valence electrons. The van der Waals surface area contributed by atoms with Crippen LogP contribution < -0.4 is 10.1 Å². The number of anilines is 1. The van der Waals surface area contributed by atoms with Crippen LogP contribution in [-0.2, 0) is 4.79 Å². The van der Waals surface area contributed by atoms with Gasteiger partial charge in [-0.3, -0.25) is 4.79 Å². The van der Waals surface area contributed by atoms with Crippen LogP contribution in [0, 0.1) is 5.41 Å². The summed E-state index contributed by atoms with van der Waals surface area (Å²) in [4.78, 5) is 12.7. The standard InChI is InChI=1S/C15H17N5O2S/c1-15(2,3)12(21)16-13-19-20-11(17-18-14(20)23-13)9-5-7-10(22-4)8-6-9/h5-8H,1-4H3,(H,16,19,21). The van der Waals surface area contributed by atoms with Gasteiger partial charge in [-0.15, -0.1) is 15.3 Å². The summed E-state index contributed by atoms with van der Waals surface area (Å²) in [6, 6.07) is 7.49. The Bertz CT molecular complexity index is 845. The average molecular weight is 331 g/mol. The first-order valence-corrected chi connectivity index (χ1v) is 7.88. The number of hydrogen-bond donors (Lipinski definition) is 1. The molecule has 0 radical (unpaired) electrons. The first-order chi connectivity index (χ1) is 10.9. The molecule has 7 nitrogen and oxygen atoms in total. The highest BCUT2D eigenvalue weighted by atomic mass is 32.1. The van der Waals surface area contributed by atoms with Crippen LogP contribution in [-0.4, -0.2) is 32.8 Å². The molecule has 3 aromatic rings. The average Bonchev–Trinajstić information content (AvgIpc) is 3.06. The van der Waals surface area contributed by atoms with E-state index < -0.39 is 5.41 Å². The van der Waals surface area contributed by atoms with Crippen LogP contribution >= 0.6 is 11.3 Å². The van der Waals surface area contributed by atoms with Crippen LogP contribution in [0.25, 0.3) is 16.3 Å². The molecule has 0 unspecified atom stereocenters. The smallest absolute Gasteiger partial charge is 0.236 e. The van der Waals surface area contributed by atoms with Gasteiger partial charge in [0.15, 0.2) is 5.82 Å². The van der Waals surface area contributed by atoms with E-state index in [-0.39, 0.29) is 5.91 Å². The second-order valence-corrected chi connectivity index (χ2v) is 7.01. The Kier molecular flexibility index (Phi) is 3.77. The van der Waals surface area contributed by atoms with E-state index in [4.69, 9.17) is 4.74 Å². The Morgan fingerprint density at radius 3 is 2.52 bits per heavy atom. The summed E-state index contributed by atoms with van der Waals surface area (Å²) in [5, 5.41) is 16.0. The molecule has 2 heterocycles. The second kappa shape index (κ2) is 5.62. The molecule has 1 aromatic carbocycles. The highest BCUT2D eigenvalue weighted by Crippen LogP contribution is 2.26. The number of hydrogen-bond acceptors (Lipinski definition) is 6. The maximum Gasteiger partial charge on any atom is 0.236 e. The van der Waals surface area contributed by atoms with Gasteiger partial charge in [0.25, 0.3) is 0 Å². The van der Waals surface area contributed by atoms with E-state index in [9.17, 15) is 4.79 Å². The fraction of sp³-hybridized carbons (Fsp3) is 0.333. The van der Waals surface area contributed by atoms with Crippen LogP contribution in [0.3, 0.4) is 0 Å². The summed E-state index contributed by atoms with van der Waals surface area (Å²) >= 11 is 1.29. The molecule has 1 N–H and O–H groups in total. The Hall–Kier alpha value is -2.48. The third-order valence-electron chi connectivity index (χ3n) is 3.24. The van der Waals surface area contributed by atoms with Gasteiger partial charge >= 0.3 is 0 Å². The summed E-state index contributed by atoms with van der Waals surface area (Å²) in [7, 11) is 1.62. The summed E-state index contributed by atoms with van der Waals surface area (Å²) in [5.74, 6) is 1.30. The highest BCUT2D eigenvalue weighted by Gasteiger charge is 2.23. The van der Waals surface area contributed by atoms with Crippen LogP contribution in [0.2, 0.25) is 0 Å². The summed E-state index contributed by atoms with van der Waals surface area (Å²) in [6.45, 7) is 5.56. The quantitative estimate of drug-likeness (QED) is 0.798. The molecule has 0 saturated carbocycles. The summed E-state index contributed by atoms with van der Waals surface area (Å²) in [6.07, 6.45) is 0. The summed E-state index contributed by atoms with van der Waals surface area (Å²) < 4.78 is 6.78. The van der Waals surface area contributed by atoms with Crippen molar-refractivity contribution in [2.45, 2.75) is 20.8 Å². The number of aromatic nitrogens is 4. The van der Waals surface area contributed by atoms with E-state index in [1.807, 2.05) is 45.0 Å². The fourth-order valence-electron chi connectivity index (χ4n) is 1.87. The second-order valence-electron chi connectivity index (χ2n) is 6.06. The molecule has 1 amide bonds. The monoisotopic (exact) mass is 331 g/mol. The lowest BCUT2D eigenvalue weighted by molar-refractivity contribution is -0.123. The van der Waals surface area contributed by atoms with Crippen molar-refractivity contribution in [1.82, 2.24) is 19.8 Å². The Balaban J connectivity index is 1.92. The number of benzene rings is 1. The predicted octanol–water partition coefficient (Wildman–Crippen LogP) is 2.85. The SMILES string of the molecule is COc1ccc(-c2nnc3sc(NC(=O)C(C)(C)C)nn23)cc1. The molecule has 2 aromatic heterocycles. The van der Waals surface area contributed by atoms with E-state index in [0.717, 1.165) is 11.3 Å². The summed E-state index contributed by atoms with van der Waals surface area (Å²) in [5.41, 5.74) is 0.391. The topological polar surface area (TPSA) is 81.4 Å². The predicted molar refractivity (Wildman–Crippen MR) is 88.7 cm³/mol. The van der Waals surface area contributed by atoms with E-state index >= 15 is 0 Å². The lowest BCUT2D eigenvalue weighted by Crippen LogP contribution is -2.27. The van der Waals surface area contributed by atoms with Crippen molar-refractivity contribution in [3.05, 3.63) is 24.3 Å². The number of carbonyl (C=O) groups excluding carboxylic acids is 1. The van der Waals surface area contributed by atoms with Gasteiger partial charge in [-0.2, -0.15) is 4.52 Å². The van der Waals surface area contributed by atoms with Gasteiger partial charge in [-0.1, -0.05) is 32.1 Å². The molecule has 0 aliphatic carbocycles. The highest BCUT2D eigenvalue weighted by molar-refractivity contribution is 7.20. The van der Waals surface area contributed by atoms with Crippen LogP contribution in [0.15, 0.2) is 24.3 Å². The number of methoxy groups -OCH3 is 1. The number of amides is 1. The Labute approximate surface area is 137 Å². The normalized spacial score (nSPS) is 11.7. The molecule has 0 aliphatic rings. The van der Waals surface area contributed by atoms with Crippen LogP contribution in [0.4, 0.5) is 5.13 Å². The zero-order valence-corrected chi connectivity index (χ0v) is 14.1. The fourth-order valence-corrected chi connectivity index (χ4v) is 2.61. The zero-order valence-electron chi connectivity index (χ0n) is 13.3. The van der Waals surface area contributed by atoms with Gasteiger partial charge in [0.05, 0.1) is 7.11 Å². The molecular formula is C15H17N5O2S. The van der Waals surface area contributed by atoms with Gasteiger partial charge in [0.1, 0.15) is 5.75 Å². The molecule has 3 rings (SSSR count). The third kappa shape index (κ3) is 3.02. The van der Waals surface area contributed by atoms with Crippen molar-refractivity contribution in [1.29, 1.82) is 0 Å². The first kappa shape index (κ1) is 15.4. The van der Waals surface area contributed by atoms with Crippen molar-refractivity contribution < 1.29 is 9.53 Å². The number of rotatable bonds is 3. The van der Waals surface area contributed by atoms with E-state index in [0.29, 0.717) is 15.9 Å². The lowest BCUT2D eigenvalue weighted by Gasteiger charge is -2.15. The molecule has 0 atom stereocenters. The molecule has 0 saturated heterocycles. The molecular weight excluding hydrogens is 314 g/mol. The number of carbonyl (C=O) groups is 1. The molecule has 0 fully saturated rings. The van der Waals surface area contributed by atoms with Crippen LogP contribution in [0.1, 0.15) is 20.8 Å². The van der Waals surface area contributed by atoms with Gasteiger partial charge in [-0.05, 0) is 24.3 Å². The van der Waals surface area contributed by atoms with Crippen molar-refractivity contribution in [3.8, 4) is 17.1 Å². The van der Waals surface area contributed by atoms with E-state index in [1.165, 1.54) is 11.3 Å². The minimum atomic E-state index is -0.481. The number of ether oxygens (including phenoxy) is 1. The van der Waals surface area contributed by atoms with Crippen molar-refractivity contribution in [2.24, 2.45) is 5.41 Å². The Morgan fingerprint density at radius 1 is 1.22 bits per heavy atom. The Morgan fingerprint density at radius 2 is 1.91 bits per heavy atom. The van der Waals surface area contributed by atoms with Gasteiger partial charge < -0.3 is 10.1 Å². The largest absolute Gasteiger partial charge is 0.497 e. The first-order valence-electron chi connectivity index (χ1n) is 7.06. The number of nitrogens with zero attached hydrogens (tertiary/aromatic N) is 4. The van der Waals surface area contributed by atoms with Crippen molar-refractivity contribution in [3.63, 3.8) is 0 Å². The van der Waals surface area contributed by atoms with Gasteiger partial charge in [0, 0.05) is 11.0 Å². The van der Waals surface area contributed by atoms with E-state index in [1.54, 1.807) is 11.6 Å². The lowest BCUT2D eigenvalue weighted by atomic mass is 9.96.